The van der Waals surface area contributed by atoms with E-state index in [-0.39, 0.29) is 5.69 Å². The van der Waals surface area contributed by atoms with Crippen molar-refractivity contribution >= 4 is 11.7 Å². The van der Waals surface area contributed by atoms with Crippen LogP contribution in [0.4, 0.5) is 5.69 Å². The molecule has 80 valence electrons. The predicted octanol–water partition coefficient (Wildman–Crippen LogP) is 0.189. The Balaban J connectivity index is 2.19. The number of aromatic carboxylic acids is 1. The van der Waals surface area contributed by atoms with Gasteiger partial charge in [0.15, 0.2) is 0 Å². The second-order valence-electron chi connectivity index (χ2n) is 3.44. The molecule has 1 saturated heterocycles. The fourth-order valence-electron chi connectivity index (χ4n) is 1.66. The van der Waals surface area contributed by atoms with Gasteiger partial charge in [0.05, 0.1) is 0 Å². The van der Waals surface area contributed by atoms with Gasteiger partial charge >= 0.3 is 5.97 Å². The molecule has 1 aliphatic rings. The molecule has 0 aliphatic carbocycles. The summed E-state index contributed by atoms with van der Waals surface area (Å²) in [6.45, 7) is 3.68. The molecule has 1 aliphatic heterocycles. The molecule has 0 aromatic carbocycles. The Hall–Kier alpha value is -1.62. The number of aromatic nitrogens is 1. The van der Waals surface area contributed by atoms with Gasteiger partial charge in [0, 0.05) is 38.1 Å². The van der Waals surface area contributed by atoms with Crippen LogP contribution in [-0.4, -0.2) is 42.2 Å². The summed E-state index contributed by atoms with van der Waals surface area (Å²) in [7, 11) is 0. The van der Waals surface area contributed by atoms with E-state index in [1.165, 1.54) is 0 Å². The van der Waals surface area contributed by atoms with Crippen LogP contribution in [0.25, 0.3) is 0 Å². The second kappa shape index (κ2) is 4.27. The van der Waals surface area contributed by atoms with Crippen molar-refractivity contribution < 1.29 is 9.90 Å². The Labute approximate surface area is 87.7 Å². The number of carboxylic acids is 1. The maximum atomic E-state index is 10.7. The zero-order valence-corrected chi connectivity index (χ0v) is 8.31. The first-order chi connectivity index (χ1) is 7.27. The molecular weight excluding hydrogens is 194 g/mol. The Morgan fingerprint density at radius 1 is 1.47 bits per heavy atom. The lowest BCUT2D eigenvalue weighted by Gasteiger charge is -2.29. The van der Waals surface area contributed by atoms with E-state index in [2.05, 4.69) is 15.2 Å². The molecule has 0 atom stereocenters. The third-order valence-corrected chi connectivity index (χ3v) is 2.44. The Morgan fingerprint density at radius 2 is 2.20 bits per heavy atom. The monoisotopic (exact) mass is 207 g/mol. The van der Waals surface area contributed by atoms with Crippen LogP contribution in [0.1, 0.15) is 10.5 Å². The standard InChI is InChI=1S/C10H13N3O2/c14-10(15)9-7-8(1-2-12-9)13-5-3-11-4-6-13/h1-2,7,11H,3-6H2,(H,14,15). The van der Waals surface area contributed by atoms with Gasteiger partial charge in [-0.25, -0.2) is 9.78 Å². The summed E-state index contributed by atoms with van der Waals surface area (Å²) in [6.07, 6.45) is 1.54. The number of carbonyl (C=O) groups is 1. The lowest BCUT2D eigenvalue weighted by Crippen LogP contribution is -2.43. The predicted molar refractivity (Wildman–Crippen MR) is 56.3 cm³/mol. The van der Waals surface area contributed by atoms with Gasteiger partial charge in [0.2, 0.25) is 0 Å². The summed E-state index contributed by atoms with van der Waals surface area (Å²) >= 11 is 0. The zero-order valence-electron chi connectivity index (χ0n) is 8.31. The fourth-order valence-corrected chi connectivity index (χ4v) is 1.66. The van der Waals surface area contributed by atoms with Crippen LogP contribution in [0.5, 0.6) is 0 Å². The van der Waals surface area contributed by atoms with Crippen molar-refractivity contribution in [2.45, 2.75) is 0 Å². The van der Waals surface area contributed by atoms with E-state index in [1.54, 1.807) is 12.3 Å². The first-order valence-corrected chi connectivity index (χ1v) is 4.92. The fraction of sp³-hybridized carbons (Fsp3) is 0.400. The quantitative estimate of drug-likeness (QED) is 0.724. The van der Waals surface area contributed by atoms with Crippen LogP contribution in [-0.2, 0) is 0 Å². The maximum absolute atomic E-state index is 10.7. The Morgan fingerprint density at radius 3 is 2.87 bits per heavy atom. The normalized spacial score (nSPS) is 16.4. The third-order valence-electron chi connectivity index (χ3n) is 2.44. The summed E-state index contributed by atoms with van der Waals surface area (Å²) in [5.74, 6) is -0.980. The first-order valence-electron chi connectivity index (χ1n) is 4.92. The van der Waals surface area contributed by atoms with Gasteiger partial charge < -0.3 is 15.3 Å². The molecule has 1 aromatic rings. The summed E-state index contributed by atoms with van der Waals surface area (Å²) < 4.78 is 0. The van der Waals surface area contributed by atoms with Gasteiger partial charge in [-0.2, -0.15) is 0 Å². The molecule has 0 amide bonds. The van der Waals surface area contributed by atoms with Crippen LogP contribution in [0.2, 0.25) is 0 Å². The van der Waals surface area contributed by atoms with Crippen molar-refractivity contribution in [3.05, 3.63) is 24.0 Å². The van der Waals surface area contributed by atoms with E-state index in [4.69, 9.17) is 5.11 Å². The lowest BCUT2D eigenvalue weighted by molar-refractivity contribution is 0.0690. The highest BCUT2D eigenvalue weighted by Crippen LogP contribution is 2.14. The van der Waals surface area contributed by atoms with Gasteiger partial charge in [0.25, 0.3) is 0 Å². The average Bonchev–Trinajstić information content (AvgIpc) is 2.30. The number of piperazine rings is 1. The van der Waals surface area contributed by atoms with Crippen molar-refractivity contribution in [3.63, 3.8) is 0 Å². The molecule has 2 heterocycles. The van der Waals surface area contributed by atoms with Gasteiger partial charge in [-0.1, -0.05) is 0 Å². The average molecular weight is 207 g/mol. The maximum Gasteiger partial charge on any atom is 0.354 e. The minimum absolute atomic E-state index is 0.103. The summed E-state index contributed by atoms with van der Waals surface area (Å²) in [6, 6.07) is 3.46. The van der Waals surface area contributed by atoms with E-state index in [9.17, 15) is 4.79 Å². The summed E-state index contributed by atoms with van der Waals surface area (Å²) in [5, 5.41) is 12.1. The first kappa shape index (κ1) is 9.92. The second-order valence-corrected chi connectivity index (χ2v) is 3.44. The van der Waals surface area contributed by atoms with Crippen LogP contribution in [0.15, 0.2) is 18.3 Å². The topological polar surface area (TPSA) is 65.5 Å². The minimum atomic E-state index is -0.980. The highest BCUT2D eigenvalue weighted by atomic mass is 16.4. The molecule has 2 rings (SSSR count). The van der Waals surface area contributed by atoms with Crippen LogP contribution >= 0.6 is 0 Å². The molecule has 0 radical (unpaired) electrons. The molecule has 0 unspecified atom stereocenters. The molecule has 15 heavy (non-hydrogen) atoms. The van der Waals surface area contributed by atoms with Gasteiger partial charge in [-0.15, -0.1) is 0 Å². The highest BCUT2D eigenvalue weighted by Gasteiger charge is 2.12. The van der Waals surface area contributed by atoms with E-state index < -0.39 is 5.97 Å². The number of rotatable bonds is 2. The highest BCUT2D eigenvalue weighted by molar-refractivity contribution is 5.86. The molecule has 5 nitrogen and oxygen atoms in total. The van der Waals surface area contributed by atoms with Gasteiger partial charge in [-0.05, 0) is 12.1 Å². The zero-order chi connectivity index (χ0) is 10.7. The molecule has 1 aromatic heterocycles. The van der Waals surface area contributed by atoms with Crippen molar-refractivity contribution in [2.24, 2.45) is 0 Å². The molecule has 0 spiro atoms. The molecule has 0 saturated carbocycles. The van der Waals surface area contributed by atoms with E-state index in [1.807, 2.05) is 6.07 Å². The number of nitrogens with zero attached hydrogens (tertiary/aromatic N) is 2. The van der Waals surface area contributed by atoms with E-state index >= 15 is 0 Å². The number of carboxylic acid groups (broad SMARTS) is 1. The van der Waals surface area contributed by atoms with E-state index in [0.29, 0.717) is 0 Å². The SMILES string of the molecule is O=C(O)c1cc(N2CCNCC2)ccn1. The van der Waals surface area contributed by atoms with Crippen LogP contribution in [0, 0.1) is 0 Å². The summed E-state index contributed by atoms with van der Waals surface area (Å²) in [4.78, 5) is 16.7. The van der Waals surface area contributed by atoms with Crippen LogP contribution in [0.3, 0.4) is 0 Å². The number of hydrogen-bond donors (Lipinski definition) is 2. The number of nitrogens with one attached hydrogen (secondary N) is 1. The molecule has 0 bridgehead atoms. The Bertz CT molecular complexity index is 361. The number of pyridine rings is 1. The van der Waals surface area contributed by atoms with Crippen LogP contribution < -0.4 is 10.2 Å². The number of hydrogen-bond acceptors (Lipinski definition) is 4. The largest absolute Gasteiger partial charge is 0.477 e. The van der Waals surface area contributed by atoms with Gasteiger partial charge in [0.1, 0.15) is 5.69 Å². The summed E-state index contributed by atoms with van der Waals surface area (Å²) in [5.41, 5.74) is 1.04. The van der Waals surface area contributed by atoms with E-state index in [0.717, 1.165) is 31.9 Å². The molecule has 2 N–H and O–H groups in total. The van der Waals surface area contributed by atoms with Crippen molar-refractivity contribution in [1.29, 1.82) is 0 Å². The Kier molecular flexibility index (Phi) is 2.82. The van der Waals surface area contributed by atoms with Gasteiger partial charge in [-0.3, -0.25) is 0 Å². The smallest absolute Gasteiger partial charge is 0.354 e. The minimum Gasteiger partial charge on any atom is -0.477 e. The lowest BCUT2D eigenvalue weighted by atomic mass is 10.2. The molecule has 1 fully saturated rings. The van der Waals surface area contributed by atoms with Crippen molar-refractivity contribution in [1.82, 2.24) is 10.3 Å². The van der Waals surface area contributed by atoms with Crippen molar-refractivity contribution in [3.8, 4) is 0 Å². The third kappa shape index (κ3) is 2.24. The van der Waals surface area contributed by atoms with Crippen molar-refractivity contribution in [2.75, 3.05) is 31.1 Å². The number of anilines is 1. The molecular formula is C10H13N3O2. The molecule has 5 heteroatoms.